The van der Waals surface area contributed by atoms with Crippen molar-refractivity contribution in [2.45, 2.75) is 6.04 Å². The van der Waals surface area contributed by atoms with Gasteiger partial charge in [0.2, 0.25) is 0 Å². The minimum Gasteiger partial charge on any atom is -0.507 e. The predicted molar refractivity (Wildman–Crippen MR) is 107 cm³/mol. The second kappa shape index (κ2) is 8.04. The lowest BCUT2D eigenvalue weighted by molar-refractivity contribution is -0.140. The van der Waals surface area contributed by atoms with Gasteiger partial charge in [0.05, 0.1) is 24.3 Å². The van der Waals surface area contributed by atoms with Crippen LogP contribution in [-0.4, -0.2) is 66.0 Å². The Morgan fingerprint density at radius 1 is 1.29 bits per heavy atom. The average molecular weight is 402 g/mol. The normalized spacial score (nSPS) is 18.9. The van der Waals surface area contributed by atoms with Gasteiger partial charge in [0, 0.05) is 24.0 Å². The number of ketones is 1. The summed E-state index contributed by atoms with van der Waals surface area (Å²) in [5.41, 5.74) is 0.0552. The molecule has 8 heteroatoms. The van der Waals surface area contributed by atoms with E-state index < -0.39 is 23.5 Å². The molecule has 0 aliphatic carbocycles. The third-order valence-electron chi connectivity index (χ3n) is 4.60. The van der Waals surface area contributed by atoms with Crippen LogP contribution in [0.15, 0.2) is 41.3 Å². The molecule has 1 aromatic heterocycles. The topological polar surface area (TPSA) is 90.3 Å². The SMILES string of the molecule is COc1ccc(/C(O)=C2\C(=O)C(=O)N(CCN(C)C)C2c2cccs2)c(O)c1. The summed E-state index contributed by atoms with van der Waals surface area (Å²) in [6.45, 7) is 0.911. The van der Waals surface area contributed by atoms with Gasteiger partial charge >= 0.3 is 0 Å². The third kappa shape index (κ3) is 3.61. The number of aliphatic hydroxyl groups excluding tert-OH is 1. The van der Waals surface area contributed by atoms with Crippen LogP contribution in [0.2, 0.25) is 0 Å². The van der Waals surface area contributed by atoms with Gasteiger partial charge in [0.25, 0.3) is 11.7 Å². The summed E-state index contributed by atoms with van der Waals surface area (Å²) in [4.78, 5) is 29.6. The number of aromatic hydroxyl groups is 1. The number of phenolic OH excluding ortho intramolecular Hbond substituents is 1. The van der Waals surface area contributed by atoms with E-state index in [1.54, 1.807) is 6.07 Å². The zero-order chi connectivity index (χ0) is 20.4. The molecule has 1 unspecified atom stereocenters. The van der Waals surface area contributed by atoms with E-state index in [1.807, 2.05) is 36.5 Å². The molecule has 148 valence electrons. The number of methoxy groups -OCH3 is 1. The molecule has 2 aromatic rings. The molecule has 1 aromatic carbocycles. The number of rotatable bonds is 6. The fourth-order valence-corrected chi connectivity index (χ4v) is 3.99. The van der Waals surface area contributed by atoms with Gasteiger partial charge in [-0.1, -0.05) is 6.07 Å². The van der Waals surface area contributed by atoms with Crippen molar-refractivity contribution in [2.75, 3.05) is 34.3 Å². The molecule has 0 saturated carbocycles. The van der Waals surface area contributed by atoms with Gasteiger partial charge < -0.3 is 24.7 Å². The summed E-state index contributed by atoms with van der Waals surface area (Å²) in [6, 6.07) is 7.33. The van der Waals surface area contributed by atoms with Crippen LogP contribution in [0.1, 0.15) is 16.5 Å². The molecule has 1 saturated heterocycles. The number of amides is 1. The van der Waals surface area contributed by atoms with Crippen LogP contribution in [-0.2, 0) is 9.59 Å². The van der Waals surface area contributed by atoms with E-state index in [-0.39, 0.29) is 16.9 Å². The number of hydrogen-bond acceptors (Lipinski definition) is 7. The molecule has 0 radical (unpaired) electrons. The molecule has 0 spiro atoms. The lowest BCUT2D eigenvalue weighted by atomic mass is 9.99. The van der Waals surface area contributed by atoms with Crippen molar-refractivity contribution in [3.05, 3.63) is 51.7 Å². The lowest BCUT2D eigenvalue weighted by Gasteiger charge is -2.25. The van der Waals surface area contributed by atoms with Crippen LogP contribution < -0.4 is 4.74 Å². The van der Waals surface area contributed by atoms with Crippen molar-refractivity contribution in [1.82, 2.24) is 9.80 Å². The summed E-state index contributed by atoms with van der Waals surface area (Å²) >= 11 is 1.40. The largest absolute Gasteiger partial charge is 0.507 e. The number of hydrogen-bond donors (Lipinski definition) is 2. The molecule has 1 aliphatic heterocycles. The Morgan fingerprint density at radius 3 is 2.61 bits per heavy atom. The van der Waals surface area contributed by atoms with E-state index in [1.165, 1.54) is 35.5 Å². The average Bonchev–Trinajstić information content (AvgIpc) is 3.27. The van der Waals surface area contributed by atoms with Gasteiger partial charge in [-0.25, -0.2) is 0 Å². The molecule has 1 fully saturated rings. The number of phenols is 1. The second-order valence-electron chi connectivity index (χ2n) is 6.69. The molecule has 0 bridgehead atoms. The van der Waals surface area contributed by atoms with Crippen molar-refractivity contribution < 1.29 is 24.5 Å². The van der Waals surface area contributed by atoms with Crippen molar-refractivity contribution in [3.63, 3.8) is 0 Å². The van der Waals surface area contributed by atoms with E-state index in [9.17, 15) is 19.8 Å². The number of likely N-dealkylation sites (N-methyl/N-ethyl adjacent to an activating group) is 1. The molecular formula is C20H22N2O5S. The van der Waals surface area contributed by atoms with Gasteiger partial charge in [0.15, 0.2) is 0 Å². The van der Waals surface area contributed by atoms with Gasteiger partial charge in [-0.2, -0.15) is 0 Å². The highest BCUT2D eigenvalue weighted by Crippen LogP contribution is 2.42. The summed E-state index contributed by atoms with van der Waals surface area (Å²) < 4.78 is 5.05. The Kier molecular flexibility index (Phi) is 5.71. The smallest absolute Gasteiger partial charge is 0.295 e. The van der Waals surface area contributed by atoms with Gasteiger partial charge in [-0.05, 0) is 37.7 Å². The number of carbonyl (C=O) groups excluding carboxylic acids is 2. The highest BCUT2D eigenvalue weighted by Gasteiger charge is 2.46. The van der Waals surface area contributed by atoms with E-state index >= 15 is 0 Å². The van der Waals surface area contributed by atoms with Crippen LogP contribution in [0.5, 0.6) is 11.5 Å². The third-order valence-corrected chi connectivity index (χ3v) is 5.53. The maximum Gasteiger partial charge on any atom is 0.295 e. The van der Waals surface area contributed by atoms with E-state index in [0.717, 1.165) is 4.88 Å². The number of benzene rings is 1. The summed E-state index contributed by atoms with van der Waals surface area (Å²) in [5, 5.41) is 23.0. The number of aliphatic hydroxyl groups is 1. The van der Waals surface area contributed by atoms with Crippen molar-refractivity contribution in [1.29, 1.82) is 0 Å². The number of thiophene rings is 1. The number of Topliss-reactive ketones (excluding diaryl/α,β-unsaturated/α-hetero) is 1. The maximum absolute atomic E-state index is 12.8. The fraction of sp³-hybridized carbons (Fsp3) is 0.300. The molecule has 7 nitrogen and oxygen atoms in total. The standard InChI is InChI=1S/C20H22N2O5S/c1-21(2)8-9-22-17(15-5-4-10-28-15)16(19(25)20(22)26)18(24)13-7-6-12(27-3)11-14(13)23/h4-7,10-11,17,23-24H,8-9H2,1-3H3/b18-16+. The Morgan fingerprint density at radius 2 is 2.04 bits per heavy atom. The van der Waals surface area contributed by atoms with E-state index in [4.69, 9.17) is 4.74 Å². The van der Waals surface area contributed by atoms with Crippen LogP contribution in [0.3, 0.4) is 0 Å². The monoisotopic (exact) mass is 402 g/mol. The molecule has 28 heavy (non-hydrogen) atoms. The van der Waals surface area contributed by atoms with E-state index in [2.05, 4.69) is 0 Å². The highest BCUT2D eigenvalue weighted by molar-refractivity contribution is 7.10. The minimum absolute atomic E-state index is 0.0216. The first kappa shape index (κ1) is 19.9. The molecule has 3 rings (SSSR count). The summed E-state index contributed by atoms with van der Waals surface area (Å²) in [7, 11) is 5.22. The molecule has 2 N–H and O–H groups in total. The minimum atomic E-state index is -0.759. The molecule has 1 atom stereocenters. The van der Waals surface area contributed by atoms with Gasteiger partial charge in [0.1, 0.15) is 17.3 Å². The number of carbonyl (C=O) groups is 2. The second-order valence-corrected chi connectivity index (χ2v) is 7.67. The first-order chi connectivity index (χ1) is 13.3. The van der Waals surface area contributed by atoms with Crippen LogP contribution in [0, 0.1) is 0 Å². The Labute approximate surface area is 167 Å². The van der Waals surface area contributed by atoms with Crippen LogP contribution >= 0.6 is 11.3 Å². The van der Waals surface area contributed by atoms with Crippen LogP contribution in [0.4, 0.5) is 0 Å². The molecular weight excluding hydrogens is 380 g/mol. The molecule has 2 heterocycles. The number of ether oxygens (including phenoxy) is 1. The fourth-order valence-electron chi connectivity index (χ4n) is 3.14. The zero-order valence-electron chi connectivity index (χ0n) is 15.9. The van der Waals surface area contributed by atoms with Crippen molar-refractivity contribution in [2.24, 2.45) is 0 Å². The van der Waals surface area contributed by atoms with E-state index in [0.29, 0.717) is 18.8 Å². The maximum atomic E-state index is 12.8. The predicted octanol–water partition coefficient (Wildman–Crippen LogP) is 2.45. The highest BCUT2D eigenvalue weighted by atomic mass is 32.1. The first-order valence-electron chi connectivity index (χ1n) is 8.69. The Bertz CT molecular complexity index is 921. The molecule has 1 amide bonds. The number of likely N-dealkylation sites (tertiary alicyclic amines) is 1. The first-order valence-corrected chi connectivity index (χ1v) is 9.57. The Hall–Kier alpha value is -2.84. The van der Waals surface area contributed by atoms with Crippen molar-refractivity contribution >= 4 is 28.8 Å². The summed E-state index contributed by atoms with van der Waals surface area (Å²) in [6.07, 6.45) is 0. The van der Waals surface area contributed by atoms with Gasteiger partial charge in [-0.3, -0.25) is 9.59 Å². The van der Waals surface area contributed by atoms with Crippen molar-refractivity contribution in [3.8, 4) is 11.5 Å². The Balaban J connectivity index is 2.12. The molecule has 1 aliphatic rings. The zero-order valence-corrected chi connectivity index (χ0v) is 16.7. The van der Waals surface area contributed by atoms with Gasteiger partial charge in [-0.15, -0.1) is 11.3 Å². The quantitative estimate of drug-likeness (QED) is 0.438. The van der Waals surface area contributed by atoms with Crippen LogP contribution in [0.25, 0.3) is 5.76 Å². The number of nitrogens with zero attached hydrogens (tertiary/aromatic N) is 2. The lowest BCUT2D eigenvalue weighted by Crippen LogP contribution is -2.35. The summed E-state index contributed by atoms with van der Waals surface area (Å²) in [5.74, 6) is -1.64.